The minimum absolute atomic E-state index is 0.0438. The molecule has 1 aromatic carbocycles. The first kappa shape index (κ1) is 19.5. The van der Waals surface area contributed by atoms with Crippen molar-refractivity contribution in [3.63, 3.8) is 0 Å². The first-order valence-electron chi connectivity index (χ1n) is 8.73. The zero-order valence-corrected chi connectivity index (χ0v) is 17.1. The van der Waals surface area contributed by atoms with Crippen LogP contribution in [-0.4, -0.2) is 55.2 Å². The number of H-pyrrole nitrogens is 1. The van der Waals surface area contributed by atoms with Crippen molar-refractivity contribution in [2.45, 2.75) is 17.5 Å². The van der Waals surface area contributed by atoms with Crippen LogP contribution >= 0.6 is 0 Å². The fourth-order valence-electron chi connectivity index (χ4n) is 3.20. The van der Waals surface area contributed by atoms with Gasteiger partial charge in [0.05, 0.1) is 42.9 Å². The first-order chi connectivity index (χ1) is 13.8. The van der Waals surface area contributed by atoms with Gasteiger partial charge in [-0.25, -0.2) is 18.1 Å². The van der Waals surface area contributed by atoms with Crippen LogP contribution in [0.5, 0.6) is 5.75 Å². The van der Waals surface area contributed by atoms with Gasteiger partial charge in [-0.3, -0.25) is 4.72 Å². The summed E-state index contributed by atoms with van der Waals surface area (Å²) in [6.45, 7) is 0. The van der Waals surface area contributed by atoms with Gasteiger partial charge < -0.3 is 9.72 Å². The molecule has 0 aliphatic carbocycles. The lowest BCUT2D eigenvalue weighted by molar-refractivity contribution is 0.415. The molecule has 3 aromatic rings. The molecule has 1 atom stereocenters. The standard InChI is InChI=1S/C17H19N5O5S2/c1-27-14-4-2-12(3-5-14)15-8-16(21-29(25,26)17-9-18-11-19-17)22(20-15)13-6-7-28(23,24)10-13/h2-5,8-9,11,13,21H,6-7,10H2,1H3,(H,18,19)/t13-/m1/s1. The smallest absolute Gasteiger partial charge is 0.280 e. The van der Waals surface area contributed by atoms with Gasteiger partial charge >= 0.3 is 0 Å². The third-order valence-corrected chi connectivity index (χ3v) is 7.71. The van der Waals surface area contributed by atoms with Crippen molar-refractivity contribution in [2.75, 3.05) is 23.3 Å². The van der Waals surface area contributed by atoms with Crippen LogP contribution in [0, 0.1) is 0 Å². The minimum Gasteiger partial charge on any atom is -0.497 e. The molecule has 0 bridgehead atoms. The molecule has 1 aliphatic rings. The van der Waals surface area contributed by atoms with Crippen LogP contribution in [0.3, 0.4) is 0 Å². The molecule has 0 radical (unpaired) electrons. The highest BCUT2D eigenvalue weighted by Gasteiger charge is 2.32. The second-order valence-electron chi connectivity index (χ2n) is 6.67. The minimum atomic E-state index is -3.93. The molecule has 4 rings (SSSR count). The summed E-state index contributed by atoms with van der Waals surface area (Å²) in [5.41, 5.74) is 1.26. The normalized spacial score (nSPS) is 18.6. The molecule has 0 unspecified atom stereocenters. The number of benzene rings is 1. The summed E-state index contributed by atoms with van der Waals surface area (Å²) in [4.78, 5) is 6.28. The molecule has 0 spiro atoms. The number of aromatic nitrogens is 4. The zero-order valence-electron chi connectivity index (χ0n) is 15.4. The molecule has 154 valence electrons. The van der Waals surface area contributed by atoms with E-state index in [1.807, 2.05) is 0 Å². The zero-order chi connectivity index (χ0) is 20.6. The van der Waals surface area contributed by atoms with Gasteiger partial charge in [0.1, 0.15) is 11.6 Å². The maximum Gasteiger partial charge on any atom is 0.280 e. The van der Waals surface area contributed by atoms with E-state index in [2.05, 4.69) is 19.8 Å². The highest BCUT2D eigenvalue weighted by molar-refractivity contribution is 7.92. The number of anilines is 1. The molecular weight excluding hydrogens is 418 g/mol. The molecule has 0 saturated carbocycles. The summed E-state index contributed by atoms with van der Waals surface area (Å²) in [5.74, 6) is 0.820. The van der Waals surface area contributed by atoms with Gasteiger partial charge in [-0.05, 0) is 30.7 Å². The monoisotopic (exact) mass is 437 g/mol. The molecule has 2 N–H and O–H groups in total. The molecule has 3 heterocycles. The van der Waals surface area contributed by atoms with Crippen LogP contribution in [0.2, 0.25) is 0 Å². The Labute approximate surface area is 167 Å². The summed E-state index contributed by atoms with van der Waals surface area (Å²) in [6, 6.07) is 8.26. The van der Waals surface area contributed by atoms with Gasteiger partial charge in [-0.15, -0.1) is 0 Å². The van der Waals surface area contributed by atoms with Gasteiger partial charge in [0.15, 0.2) is 14.9 Å². The van der Waals surface area contributed by atoms with Crippen LogP contribution in [0.1, 0.15) is 12.5 Å². The van der Waals surface area contributed by atoms with Gasteiger partial charge in [-0.1, -0.05) is 0 Å². The average molecular weight is 438 g/mol. The molecule has 0 amide bonds. The lowest BCUT2D eigenvalue weighted by atomic mass is 10.1. The number of hydrogen-bond acceptors (Lipinski definition) is 7. The number of sulfonamides is 1. The first-order valence-corrected chi connectivity index (χ1v) is 12.0. The Kier molecular flexibility index (Phi) is 4.82. The van der Waals surface area contributed by atoms with E-state index in [4.69, 9.17) is 4.74 Å². The van der Waals surface area contributed by atoms with E-state index >= 15 is 0 Å². The van der Waals surface area contributed by atoms with E-state index in [0.29, 0.717) is 17.9 Å². The second kappa shape index (κ2) is 7.19. The van der Waals surface area contributed by atoms with Crippen molar-refractivity contribution in [3.05, 3.63) is 42.9 Å². The Bertz CT molecular complexity index is 1220. The fourth-order valence-corrected chi connectivity index (χ4v) is 5.84. The number of nitrogens with one attached hydrogen (secondary N) is 2. The highest BCUT2D eigenvalue weighted by Crippen LogP contribution is 2.31. The summed E-state index contributed by atoms with van der Waals surface area (Å²) in [6.07, 6.45) is 2.82. The Hall–Kier alpha value is -2.86. The van der Waals surface area contributed by atoms with E-state index in [-0.39, 0.29) is 22.3 Å². The van der Waals surface area contributed by atoms with E-state index in [1.165, 1.54) is 17.2 Å². The Morgan fingerprint density at radius 2 is 2.03 bits per heavy atom. The number of hydrogen-bond donors (Lipinski definition) is 2. The third-order valence-electron chi connectivity index (χ3n) is 4.68. The Morgan fingerprint density at radius 1 is 1.28 bits per heavy atom. The molecule has 1 aliphatic heterocycles. The number of methoxy groups -OCH3 is 1. The maximum atomic E-state index is 12.6. The van der Waals surface area contributed by atoms with Crippen LogP contribution in [0.15, 0.2) is 47.9 Å². The van der Waals surface area contributed by atoms with E-state index in [0.717, 1.165) is 5.56 Å². The van der Waals surface area contributed by atoms with E-state index < -0.39 is 25.9 Å². The fraction of sp³-hybridized carbons (Fsp3) is 0.294. The molecule has 12 heteroatoms. The van der Waals surface area contributed by atoms with Crippen LogP contribution in [0.4, 0.5) is 5.82 Å². The summed E-state index contributed by atoms with van der Waals surface area (Å²) < 4.78 is 58.2. The van der Waals surface area contributed by atoms with Gasteiger partial charge in [0.2, 0.25) is 0 Å². The van der Waals surface area contributed by atoms with Crippen molar-refractivity contribution < 1.29 is 21.6 Å². The Morgan fingerprint density at radius 3 is 2.62 bits per heavy atom. The van der Waals surface area contributed by atoms with E-state index in [9.17, 15) is 16.8 Å². The second-order valence-corrected chi connectivity index (χ2v) is 10.5. The predicted molar refractivity (Wildman–Crippen MR) is 106 cm³/mol. The van der Waals surface area contributed by atoms with Crippen LogP contribution in [0.25, 0.3) is 11.3 Å². The summed E-state index contributed by atoms with van der Waals surface area (Å²) in [5, 5.41) is 4.41. The lowest BCUT2D eigenvalue weighted by Crippen LogP contribution is -2.20. The van der Waals surface area contributed by atoms with Crippen molar-refractivity contribution in [3.8, 4) is 17.0 Å². The van der Waals surface area contributed by atoms with Crippen molar-refractivity contribution in [2.24, 2.45) is 0 Å². The molecule has 10 nitrogen and oxygen atoms in total. The molecule has 2 aromatic heterocycles. The number of imidazole rings is 1. The number of nitrogens with zero attached hydrogens (tertiary/aromatic N) is 3. The van der Waals surface area contributed by atoms with Crippen LogP contribution < -0.4 is 9.46 Å². The average Bonchev–Trinajstić information content (AvgIpc) is 3.41. The van der Waals surface area contributed by atoms with Crippen molar-refractivity contribution >= 4 is 25.7 Å². The third kappa shape index (κ3) is 3.98. The number of rotatable bonds is 6. The lowest BCUT2D eigenvalue weighted by Gasteiger charge is -2.14. The molecule has 1 saturated heterocycles. The number of ether oxygens (including phenoxy) is 1. The SMILES string of the molecule is COc1ccc(-c2cc(NS(=O)(=O)c3cnc[nH]3)n([C@@H]3CCS(=O)(=O)C3)n2)cc1. The molecule has 29 heavy (non-hydrogen) atoms. The van der Waals surface area contributed by atoms with Gasteiger partial charge in [-0.2, -0.15) is 13.5 Å². The predicted octanol–water partition coefficient (Wildman–Crippen LogP) is 1.44. The summed E-state index contributed by atoms with van der Waals surface area (Å²) in [7, 11) is -5.55. The summed E-state index contributed by atoms with van der Waals surface area (Å²) >= 11 is 0. The van der Waals surface area contributed by atoms with Gasteiger partial charge in [0.25, 0.3) is 10.0 Å². The van der Waals surface area contributed by atoms with Crippen molar-refractivity contribution in [1.82, 2.24) is 19.7 Å². The van der Waals surface area contributed by atoms with E-state index in [1.54, 1.807) is 37.4 Å². The van der Waals surface area contributed by atoms with Gasteiger partial charge in [0, 0.05) is 11.6 Å². The quantitative estimate of drug-likeness (QED) is 0.595. The van der Waals surface area contributed by atoms with Crippen LogP contribution in [-0.2, 0) is 19.9 Å². The number of sulfone groups is 1. The van der Waals surface area contributed by atoms with Crippen molar-refractivity contribution in [1.29, 1.82) is 0 Å². The number of aromatic amines is 1. The highest BCUT2D eigenvalue weighted by atomic mass is 32.2. The Balaban J connectivity index is 1.74. The largest absolute Gasteiger partial charge is 0.497 e. The molecule has 1 fully saturated rings. The maximum absolute atomic E-state index is 12.6. The topological polar surface area (TPSA) is 136 Å². The molecular formula is C17H19N5O5S2.